The molecule has 0 aliphatic heterocycles. The van der Waals surface area contributed by atoms with Crippen molar-refractivity contribution in [1.82, 2.24) is 10.6 Å². The smallest absolute Gasteiger partial charge is 0.351 e. The van der Waals surface area contributed by atoms with Crippen LogP contribution in [0.15, 0.2) is 64.6 Å². The fraction of sp³-hybridized carbons (Fsp3) is 0.469. The molecule has 2 aromatic rings. The van der Waals surface area contributed by atoms with Crippen LogP contribution in [0.25, 0.3) is 0 Å². The minimum absolute atomic E-state index is 0.0607. The van der Waals surface area contributed by atoms with Crippen LogP contribution in [0.2, 0.25) is 0 Å². The fourth-order valence-electron chi connectivity index (χ4n) is 4.22. The third kappa shape index (κ3) is 11.0. The molecule has 0 aromatic heterocycles. The minimum Gasteiger partial charge on any atom is -0.351 e. The molecule has 1 amide bonds. The van der Waals surface area contributed by atoms with Crippen molar-refractivity contribution in [2.45, 2.75) is 90.9 Å². The van der Waals surface area contributed by atoms with E-state index in [0.717, 1.165) is 49.6 Å². The van der Waals surface area contributed by atoms with Gasteiger partial charge in [0.2, 0.25) is 0 Å². The first-order valence-electron chi connectivity index (χ1n) is 14.0. The third-order valence-corrected chi connectivity index (χ3v) is 6.46. The van der Waals surface area contributed by atoms with Gasteiger partial charge in [0, 0.05) is 29.3 Å². The molecule has 2 atom stereocenters. The van der Waals surface area contributed by atoms with Gasteiger partial charge >= 0.3 is 6.18 Å². The summed E-state index contributed by atoms with van der Waals surface area (Å²) in [5, 5.41) is 5.75. The molecule has 0 radical (unpaired) electrons. The summed E-state index contributed by atoms with van der Waals surface area (Å²) in [6.07, 6.45) is -1.41. The van der Waals surface area contributed by atoms with Crippen molar-refractivity contribution in [3.8, 4) is 0 Å². The van der Waals surface area contributed by atoms with Crippen LogP contribution in [-0.4, -0.2) is 35.7 Å². The van der Waals surface area contributed by atoms with E-state index in [-0.39, 0.29) is 17.9 Å². The van der Waals surface area contributed by atoms with E-state index in [4.69, 9.17) is 9.98 Å². The highest BCUT2D eigenvalue weighted by Gasteiger charge is 2.32. The van der Waals surface area contributed by atoms with Gasteiger partial charge in [0.1, 0.15) is 0 Å². The molecule has 10 heteroatoms. The summed E-state index contributed by atoms with van der Waals surface area (Å²) in [4.78, 5) is 22.4. The van der Waals surface area contributed by atoms with Crippen molar-refractivity contribution in [1.29, 1.82) is 0 Å². The van der Waals surface area contributed by atoms with E-state index >= 15 is 0 Å². The number of rotatable bonds is 11. The third-order valence-electron chi connectivity index (χ3n) is 6.46. The van der Waals surface area contributed by atoms with Gasteiger partial charge in [-0.05, 0) is 77.3 Å². The van der Waals surface area contributed by atoms with Crippen LogP contribution in [0, 0.1) is 11.6 Å². The average Bonchev–Trinajstić information content (AvgIpc) is 2.88. The summed E-state index contributed by atoms with van der Waals surface area (Å²) in [6.45, 7) is 15.8. The molecule has 42 heavy (non-hydrogen) atoms. The van der Waals surface area contributed by atoms with E-state index in [0.29, 0.717) is 23.4 Å². The molecule has 2 rings (SSSR count). The Morgan fingerprint density at radius 1 is 1.00 bits per heavy atom. The molecule has 0 heterocycles. The first-order chi connectivity index (χ1) is 19.5. The SMILES string of the molecule is C=C(C)C(CC(C(C)=NCCCCC)c1cccc(C(F)(F)F)c1)N=C(NC(=O)c1ccc(F)c(F)c1)NC(C)(C)C. The number of alkyl halides is 3. The normalized spacial score (nSPS) is 14.4. The van der Waals surface area contributed by atoms with E-state index < -0.39 is 46.8 Å². The summed E-state index contributed by atoms with van der Waals surface area (Å²) in [5.41, 5.74) is 0.300. The molecule has 0 bridgehead atoms. The van der Waals surface area contributed by atoms with Gasteiger partial charge in [0.25, 0.3) is 5.91 Å². The van der Waals surface area contributed by atoms with Crippen LogP contribution in [-0.2, 0) is 6.18 Å². The standard InChI is InChI=1S/C32H41F5N4O/c1-8-9-10-16-38-21(4)25(22-12-11-13-24(17-22)32(35,36)37)19-28(20(2)3)39-30(41-31(5,6)7)40-29(42)23-14-15-26(33)27(34)18-23/h11-15,17-18,25,28H,2,8-10,16,19H2,1,3-7H3,(H2,39,40,41,42). The number of carbonyl (C=O) groups excluding carboxylic acids is 1. The highest BCUT2D eigenvalue weighted by atomic mass is 19.4. The van der Waals surface area contributed by atoms with E-state index in [9.17, 15) is 26.7 Å². The maximum atomic E-state index is 13.8. The average molecular weight is 593 g/mol. The number of guanidine groups is 1. The van der Waals surface area contributed by atoms with Gasteiger partial charge in [0.15, 0.2) is 17.6 Å². The monoisotopic (exact) mass is 592 g/mol. The van der Waals surface area contributed by atoms with E-state index in [2.05, 4.69) is 24.1 Å². The van der Waals surface area contributed by atoms with Crippen molar-refractivity contribution in [3.63, 3.8) is 0 Å². The lowest BCUT2D eigenvalue weighted by molar-refractivity contribution is -0.137. The van der Waals surface area contributed by atoms with E-state index in [1.54, 1.807) is 19.9 Å². The van der Waals surface area contributed by atoms with Crippen LogP contribution < -0.4 is 10.6 Å². The number of benzene rings is 2. The zero-order chi connectivity index (χ0) is 31.7. The Bertz CT molecular complexity index is 1290. The Balaban J connectivity index is 2.52. The summed E-state index contributed by atoms with van der Waals surface area (Å²) in [7, 11) is 0. The molecule has 0 saturated carbocycles. The van der Waals surface area contributed by atoms with Gasteiger partial charge < -0.3 is 5.32 Å². The Kier molecular flexibility index (Phi) is 12.4. The van der Waals surface area contributed by atoms with Crippen LogP contribution in [0.5, 0.6) is 0 Å². The number of aliphatic imine (C=N–C) groups is 2. The molecular weight excluding hydrogens is 551 g/mol. The zero-order valence-corrected chi connectivity index (χ0v) is 25.1. The number of halogens is 5. The fourth-order valence-corrected chi connectivity index (χ4v) is 4.22. The van der Waals surface area contributed by atoms with E-state index in [1.165, 1.54) is 6.07 Å². The summed E-state index contributed by atoms with van der Waals surface area (Å²) >= 11 is 0. The predicted octanol–water partition coefficient (Wildman–Crippen LogP) is 8.23. The summed E-state index contributed by atoms with van der Waals surface area (Å²) in [6, 6.07) is 7.35. The van der Waals surface area contributed by atoms with Crippen LogP contribution in [0.4, 0.5) is 22.0 Å². The first-order valence-corrected chi connectivity index (χ1v) is 14.0. The van der Waals surface area contributed by atoms with Crippen molar-refractivity contribution >= 4 is 17.6 Å². The van der Waals surface area contributed by atoms with E-state index in [1.807, 2.05) is 20.8 Å². The van der Waals surface area contributed by atoms with Crippen molar-refractivity contribution in [3.05, 3.63) is 82.9 Å². The zero-order valence-electron chi connectivity index (χ0n) is 25.1. The second-order valence-corrected chi connectivity index (χ2v) is 11.4. The number of carbonyl (C=O) groups is 1. The van der Waals surface area contributed by atoms with Crippen LogP contribution in [0.3, 0.4) is 0 Å². The van der Waals surface area contributed by atoms with Crippen molar-refractivity contribution < 1.29 is 26.7 Å². The van der Waals surface area contributed by atoms with Crippen molar-refractivity contribution in [2.75, 3.05) is 6.54 Å². The van der Waals surface area contributed by atoms with Gasteiger partial charge in [-0.3, -0.25) is 15.1 Å². The van der Waals surface area contributed by atoms with Gasteiger partial charge in [-0.15, -0.1) is 0 Å². The van der Waals surface area contributed by atoms with Crippen LogP contribution >= 0.6 is 0 Å². The maximum absolute atomic E-state index is 13.8. The Morgan fingerprint density at radius 3 is 2.26 bits per heavy atom. The molecular formula is C32H41F5N4O. The predicted molar refractivity (Wildman–Crippen MR) is 159 cm³/mol. The molecule has 0 fully saturated rings. The minimum atomic E-state index is -4.51. The first kappa shape index (κ1) is 34.6. The summed E-state index contributed by atoms with van der Waals surface area (Å²) < 4.78 is 68.0. The second kappa shape index (κ2) is 15.1. The molecule has 2 N–H and O–H groups in total. The van der Waals surface area contributed by atoms with Gasteiger partial charge in [-0.25, -0.2) is 13.8 Å². The molecule has 5 nitrogen and oxygen atoms in total. The number of nitrogens with one attached hydrogen (secondary N) is 2. The lowest BCUT2D eigenvalue weighted by Gasteiger charge is -2.27. The lowest BCUT2D eigenvalue weighted by Crippen LogP contribution is -2.50. The lowest BCUT2D eigenvalue weighted by atomic mass is 9.86. The Hall–Kier alpha value is -3.56. The van der Waals surface area contributed by atoms with Crippen LogP contribution in [0.1, 0.15) is 94.6 Å². The number of hydrogen-bond acceptors (Lipinski definition) is 3. The molecule has 230 valence electrons. The number of hydrogen-bond donors (Lipinski definition) is 2. The Morgan fingerprint density at radius 2 is 1.69 bits per heavy atom. The molecule has 0 saturated heterocycles. The highest BCUT2D eigenvalue weighted by Crippen LogP contribution is 2.33. The second-order valence-electron chi connectivity index (χ2n) is 11.4. The maximum Gasteiger partial charge on any atom is 0.416 e. The number of unbranched alkanes of at least 4 members (excludes halogenated alkanes) is 2. The largest absolute Gasteiger partial charge is 0.416 e. The molecule has 0 aliphatic rings. The van der Waals surface area contributed by atoms with Crippen molar-refractivity contribution in [2.24, 2.45) is 9.98 Å². The highest BCUT2D eigenvalue weighted by molar-refractivity contribution is 6.06. The molecule has 2 unspecified atom stereocenters. The topological polar surface area (TPSA) is 65.8 Å². The van der Waals surface area contributed by atoms with Gasteiger partial charge in [0.05, 0.1) is 11.6 Å². The molecule has 0 aliphatic carbocycles. The summed E-state index contributed by atoms with van der Waals surface area (Å²) in [5.74, 6) is -3.42. The van der Waals surface area contributed by atoms with Gasteiger partial charge in [-0.2, -0.15) is 13.2 Å². The molecule has 0 spiro atoms. The molecule has 2 aromatic carbocycles. The van der Waals surface area contributed by atoms with Gasteiger partial charge in [-0.1, -0.05) is 50.1 Å². The number of nitrogens with zero attached hydrogens (tertiary/aromatic N) is 2. The number of amides is 1. The Labute approximate surface area is 245 Å². The quantitative estimate of drug-likeness (QED) is 0.0908.